The lowest BCUT2D eigenvalue weighted by molar-refractivity contribution is 0.336. The van der Waals surface area contributed by atoms with Gasteiger partial charge >= 0.3 is 0 Å². The number of ether oxygens (including phenoxy) is 1. The van der Waals surface area contributed by atoms with Crippen LogP contribution in [0.5, 0.6) is 5.75 Å². The van der Waals surface area contributed by atoms with Gasteiger partial charge in [0.25, 0.3) is 0 Å². The van der Waals surface area contributed by atoms with Gasteiger partial charge < -0.3 is 4.74 Å². The van der Waals surface area contributed by atoms with E-state index in [2.05, 4.69) is 48.8 Å². The number of methoxy groups -OCH3 is 1. The van der Waals surface area contributed by atoms with Gasteiger partial charge in [0.05, 0.1) is 7.11 Å². The van der Waals surface area contributed by atoms with Crippen LogP contribution in [0, 0.1) is 5.41 Å². The van der Waals surface area contributed by atoms with Gasteiger partial charge in [0.1, 0.15) is 5.75 Å². The Labute approximate surface area is 107 Å². The van der Waals surface area contributed by atoms with Gasteiger partial charge in [0.2, 0.25) is 0 Å². The summed E-state index contributed by atoms with van der Waals surface area (Å²) in [6, 6.07) is 8.24. The van der Waals surface area contributed by atoms with E-state index in [1.54, 1.807) is 7.11 Å². The zero-order valence-electron chi connectivity index (χ0n) is 10.6. The molecule has 1 atom stereocenters. The Hall–Kier alpha value is -0.500. The first kappa shape index (κ1) is 13.6. The monoisotopic (exact) mass is 284 g/mol. The van der Waals surface area contributed by atoms with E-state index < -0.39 is 0 Å². The molecule has 0 N–H and O–H groups in total. The van der Waals surface area contributed by atoms with E-state index in [-0.39, 0.29) is 0 Å². The maximum absolute atomic E-state index is 5.37. The van der Waals surface area contributed by atoms with Gasteiger partial charge in [-0.2, -0.15) is 0 Å². The lowest BCUT2D eigenvalue weighted by Gasteiger charge is -2.29. The summed E-state index contributed by atoms with van der Waals surface area (Å²) in [5, 5.41) is 0. The van der Waals surface area contributed by atoms with Gasteiger partial charge in [-0.05, 0) is 29.9 Å². The summed E-state index contributed by atoms with van der Waals surface area (Å²) in [5.74, 6) is 0.985. The van der Waals surface area contributed by atoms with Crippen LogP contribution in [0.2, 0.25) is 0 Å². The predicted molar refractivity (Wildman–Crippen MR) is 73.5 cm³/mol. The van der Waals surface area contributed by atoms with Crippen LogP contribution in [0.15, 0.2) is 24.3 Å². The molecule has 0 heterocycles. The fourth-order valence-electron chi connectivity index (χ4n) is 1.56. The molecule has 0 aromatic heterocycles. The molecule has 0 radical (unpaired) electrons. The largest absolute Gasteiger partial charge is 0.496 e. The molecule has 0 aliphatic heterocycles. The number of para-hydroxylation sites is 1. The van der Waals surface area contributed by atoms with E-state index in [0.717, 1.165) is 18.6 Å². The summed E-state index contributed by atoms with van der Waals surface area (Å²) in [6.07, 6.45) is 2.17. The Morgan fingerprint density at radius 1 is 1.31 bits per heavy atom. The van der Waals surface area contributed by atoms with Crippen LogP contribution in [-0.4, -0.2) is 11.9 Å². The molecule has 1 unspecified atom stereocenters. The summed E-state index contributed by atoms with van der Waals surface area (Å²) >= 11 is 3.80. The SMILES string of the molecule is CCC(C)(C)C(Br)Cc1ccccc1OC. The summed E-state index contributed by atoms with van der Waals surface area (Å²) < 4.78 is 5.37. The van der Waals surface area contributed by atoms with Gasteiger partial charge in [0.15, 0.2) is 0 Å². The van der Waals surface area contributed by atoms with Crippen LogP contribution in [0.1, 0.15) is 32.8 Å². The number of halogens is 1. The van der Waals surface area contributed by atoms with Crippen LogP contribution in [0.25, 0.3) is 0 Å². The van der Waals surface area contributed by atoms with E-state index in [0.29, 0.717) is 10.2 Å². The Morgan fingerprint density at radius 2 is 1.94 bits per heavy atom. The fraction of sp³-hybridized carbons (Fsp3) is 0.571. The highest BCUT2D eigenvalue weighted by Gasteiger charge is 2.26. The van der Waals surface area contributed by atoms with E-state index >= 15 is 0 Å². The van der Waals surface area contributed by atoms with Gasteiger partial charge in [-0.1, -0.05) is 54.9 Å². The molecule has 0 bridgehead atoms. The Morgan fingerprint density at radius 3 is 2.50 bits per heavy atom. The van der Waals surface area contributed by atoms with E-state index in [1.807, 2.05) is 12.1 Å². The van der Waals surface area contributed by atoms with Crippen molar-refractivity contribution in [3.05, 3.63) is 29.8 Å². The zero-order chi connectivity index (χ0) is 12.2. The average molecular weight is 285 g/mol. The highest BCUT2D eigenvalue weighted by Crippen LogP contribution is 2.34. The molecule has 0 saturated carbocycles. The number of hydrogen-bond donors (Lipinski definition) is 0. The Bertz CT molecular complexity index is 333. The third kappa shape index (κ3) is 3.24. The highest BCUT2D eigenvalue weighted by atomic mass is 79.9. The molecule has 0 aliphatic carbocycles. The molecule has 2 heteroatoms. The van der Waals surface area contributed by atoms with Crippen molar-refractivity contribution in [2.45, 2.75) is 38.4 Å². The first-order valence-corrected chi connectivity index (χ1v) is 6.68. The number of rotatable bonds is 5. The fourth-order valence-corrected chi connectivity index (χ4v) is 2.23. The van der Waals surface area contributed by atoms with Crippen LogP contribution in [0.4, 0.5) is 0 Å². The summed E-state index contributed by atoms with van der Waals surface area (Å²) in [4.78, 5) is 0.473. The molecular formula is C14H21BrO. The molecular weight excluding hydrogens is 264 g/mol. The lowest BCUT2D eigenvalue weighted by Crippen LogP contribution is -2.25. The van der Waals surface area contributed by atoms with Gasteiger partial charge in [-0.3, -0.25) is 0 Å². The van der Waals surface area contributed by atoms with Gasteiger partial charge in [-0.25, -0.2) is 0 Å². The van der Waals surface area contributed by atoms with Crippen molar-refractivity contribution in [3.63, 3.8) is 0 Å². The first-order valence-electron chi connectivity index (χ1n) is 5.77. The number of benzene rings is 1. The highest BCUT2D eigenvalue weighted by molar-refractivity contribution is 9.09. The second-order valence-electron chi connectivity index (χ2n) is 4.83. The second-order valence-corrected chi connectivity index (χ2v) is 5.93. The Kier molecular flexibility index (Phi) is 4.85. The molecule has 1 aromatic rings. The minimum absolute atomic E-state index is 0.306. The molecule has 0 amide bonds. The topological polar surface area (TPSA) is 9.23 Å². The van der Waals surface area contributed by atoms with E-state index in [1.165, 1.54) is 5.56 Å². The van der Waals surface area contributed by atoms with Crippen molar-refractivity contribution in [2.75, 3.05) is 7.11 Å². The van der Waals surface area contributed by atoms with Crippen LogP contribution in [-0.2, 0) is 6.42 Å². The molecule has 0 saturated heterocycles. The van der Waals surface area contributed by atoms with Crippen LogP contribution in [0.3, 0.4) is 0 Å². The summed E-state index contributed by atoms with van der Waals surface area (Å²) in [7, 11) is 1.73. The average Bonchev–Trinajstić information content (AvgIpc) is 2.29. The standard InChI is InChI=1S/C14H21BrO/c1-5-14(2,3)13(15)10-11-8-6-7-9-12(11)16-4/h6-9,13H,5,10H2,1-4H3. The van der Waals surface area contributed by atoms with Crippen molar-refractivity contribution >= 4 is 15.9 Å². The molecule has 1 aromatic carbocycles. The number of alkyl halides is 1. The van der Waals surface area contributed by atoms with Crippen molar-refractivity contribution in [1.29, 1.82) is 0 Å². The molecule has 16 heavy (non-hydrogen) atoms. The second kappa shape index (κ2) is 5.72. The van der Waals surface area contributed by atoms with Crippen molar-refractivity contribution in [1.82, 2.24) is 0 Å². The smallest absolute Gasteiger partial charge is 0.122 e. The minimum atomic E-state index is 0.306. The van der Waals surface area contributed by atoms with Crippen LogP contribution < -0.4 is 4.74 Å². The molecule has 0 aliphatic rings. The van der Waals surface area contributed by atoms with Gasteiger partial charge in [0, 0.05) is 4.83 Å². The molecule has 90 valence electrons. The maximum atomic E-state index is 5.37. The van der Waals surface area contributed by atoms with Crippen LogP contribution >= 0.6 is 15.9 Å². The van der Waals surface area contributed by atoms with E-state index in [9.17, 15) is 0 Å². The third-order valence-corrected chi connectivity index (χ3v) is 4.91. The third-order valence-electron chi connectivity index (χ3n) is 3.35. The summed E-state index contributed by atoms with van der Waals surface area (Å²) in [6.45, 7) is 6.82. The van der Waals surface area contributed by atoms with Crippen molar-refractivity contribution < 1.29 is 4.74 Å². The minimum Gasteiger partial charge on any atom is -0.496 e. The predicted octanol–water partition coefficient (Wildman–Crippen LogP) is 4.44. The normalized spacial score (nSPS) is 13.6. The zero-order valence-corrected chi connectivity index (χ0v) is 12.2. The number of hydrogen-bond acceptors (Lipinski definition) is 1. The summed E-state index contributed by atoms with van der Waals surface area (Å²) in [5.41, 5.74) is 1.58. The molecule has 0 fully saturated rings. The molecule has 1 nitrogen and oxygen atoms in total. The Balaban J connectivity index is 2.80. The maximum Gasteiger partial charge on any atom is 0.122 e. The van der Waals surface area contributed by atoms with E-state index in [4.69, 9.17) is 4.74 Å². The van der Waals surface area contributed by atoms with Crippen molar-refractivity contribution in [3.8, 4) is 5.75 Å². The van der Waals surface area contributed by atoms with Gasteiger partial charge in [-0.15, -0.1) is 0 Å². The quantitative estimate of drug-likeness (QED) is 0.727. The first-order chi connectivity index (χ1) is 7.51. The molecule has 1 rings (SSSR count). The lowest BCUT2D eigenvalue weighted by atomic mass is 9.83. The van der Waals surface area contributed by atoms with Crippen molar-refractivity contribution in [2.24, 2.45) is 5.41 Å². The molecule has 0 spiro atoms.